The van der Waals surface area contributed by atoms with Gasteiger partial charge in [0.05, 0.1) is 0 Å². The number of aromatic nitrogens is 2. The minimum atomic E-state index is -0.0526. The molecule has 0 aliphatic heterocycles. The van der Waals surface area contributed by atoms with E-state index in [0.717, 1.165) is 24.0 Å². The minimum absolute atomic E-state index is 0.0526. The Kier molecular flexibility index (Phi) is 5.15. The summed E-state index contributed by atoms with van der Waals surface area (Å²) in [6, 6.07) is 2.37. The maximum absolute atomic E-state index is 4.65. The molecule has 1 aromatic heterocycles. The Labute approximate surface area is 117 Å². The van der Waals surface area contributed by atoms with E-state index in [4.69, 9.17) is 0 Å². The summed E-state index contributed by atoms with van der Waals surface area (Å²) in [7, 11) is 0. The number of anilines is 2. The van der Waals surface area contributed by atoms with Crippen molar-refractivity contribution in [3.8, 4) is 0 Å². The maximum Gasteiger partial charge on any atom is 0.138 e. The van der Waals surface area contributed by atoms with E-state index in [0.29, 0.717) is 12.0 Å². The molecule has 0 radical (unpaired) electrons. The van der Waals surface area contributed by atoms with Gasteiger partial charge in [-0.3, -0.25) is 0 Å². The van der Waals surface area contributed by atoms with Crippen molar-refractivity contribution in [3.63, 3.8) is 0 Å². The van der Waals surface area contributed by atoms with E-state index < -0.39 is 0 Å². The topological polar surface area (TPSA) is 49.8 Å². The van der Waals surface area contributed by atoms with Gasteiger partial charge in [-0.2, -0.15) is 0 Å². The molecule has 0 saturated heterocycles. The number of hydrogen-bond donors (Lipinski definition) is 2. The van der Waals surface area contributed by atoms with Gasteiger partial charge in [0.25, 0.3) is 0 Å². The molecule has 0 aromatic carbocycles. The van der Waals surface area contributed by atoms with Gasteiger partial charge in [-0.1, -0.05) is 34.6 Å². The Balaban J connectivity index is 3.06. The van der Waals surface area contributed by atoms with Crippen LogP contribution in [0, 0.1) is 5.92 Å². The van der Waals surface area contributed by atoms with Gasteiger partial charge in [0.2, 0.25) is 0 Å². The van der Waals surface area contributed by atoms with Crippen molar-refractivity contribution in [2.75, 3.05) is 17.2 Å². The molecule has 0 amide bonds. The average Bonchev–Trinajstić information content (AvgIpc) is 2.27. The Bertz CT molecular complexity index is 407. The van der Waals surface area contributed by atoms with E-state index in [1.807, 2.05) is 6.07 Å². The first-order chi connectivity index (χ1) is 8.74. The molecule has 2 N–H and O–H groups in total. The van der Waals surface area contributed by atoms with Crippen molar-refractivity contribution in [1.29, 1.82) is 0 Å². The van der Waals surface area contributed by atoms with Crippen molar-refractivity contribution in [1.82, 2.24) is 9.97 Å². The van der Waals surface area contributed by atoms with Crippen LogP contribution in [0.4, 0.5) is 11.6 Å². The van der Waals surface area contributed by atoms with Crippen LogP contribution in [-0.2, 0) is 5.41 Å². The first-order valence-electron chi connectivity index (χ1n) is 7.14. The van der Waals surface area contributed by atoms with Crippen LogP contribution in [0.25, 0.3) is 0 Å². The molecule has 0 fully saturated rings. The summed E-state index contributed by atoms with van der Waals surface area (Å²) in [5.74, 6) is 3.22. The van der Waals surface area contributed by atoms with Gasteiger partial charge < -0.3 is 10.6 Å². The smallest absolute Gasteiger partial charge is 0.138 e. The highest BCUT2D eigenvalue weighted by Gasteiger charge is 2.19. The van der Waals surface area contributed by atoms with Crippen LogP contribution < -0.4 is 10.6 Å². The van der Waals surface area contributed by atoms with Gasteiger partial charge in [0.15, 0.2) is 0 Å². The molecule has 4 heteroatoms. The molecule has 4 nitrogen and oxygen atoms in total. The molecule has 0 bridgehead atoms. The van der Waals surface area contributed by atoms with Gasteiger partial charge in [-0.25, -0.2) is 9.97 Å². The molecular formula is C15H28N4. The lowest BCUT2D eigenvalue weighted by Gasteiger charge is -2.22. The van der Waals surface area contributed by atoms with E-state index in [2.05, 4.69) is 69.1 Å². The fourth-order valence-electron chi connectivity index (χ4n) is 1.53. The monoisotopic (exact) mass is 264 g/mol. The maximum atomic E-state index is 4.65. The molecule has 1 rings (SSSR count). The summed E-state index contributed by atoms with van der Waals surface area (Å²) in [5.41, 5.74) is -0.0526. The summed E-state index contributed by atoms with van der Waals surface area (Å²) in [6.07, 6.45) is 0. The SMILES string of the molecule is CCNc1cc(NC(C)C(C)C)nc(C(C)(C)C)n1. The predicted octanol–water partition coefficient (Wildman–Crippen LogP) is 3.66. The van der Waals surface area contributed by atoms with Gasteiger partial charge in [-0.05, 0) is 19.8 Å². The van der Waals surface area contributed by atoms with E-state index in [1.54, 1.807) is 0 Å². The summed E-state index contributed by atoms with van der Waals surface area (Å²) in [6.45, 7) is 15.9. The first kappa shape index (κ1) is 15.7. The van der Waals surface area contributed by atoms with Gasteiger partial charge in [0, 0.05) is 24.1 Å². The third kappa shape index (κ3) is 4.69. The predicted molar refractivity (Wildman–Crippen MR) is 82.8 cm³/mol. The van der Waals surface area contributed by atoms with Crippen LogP contribution in [0.3, 0.4) is 0 Å². The van der Waals surface area contributed by atoms with E-state index in [1.165, 1.54) is 0 Å². The molecule has 108 valence electrons. The second kappa shape index (κ2) is 6.22. The van der Waals surface area contributed by atoms with Crippen LogP contribution in [-0.4, -0.2) is 22.6 Å². The fraction of sp³-hybridized carbons (Fsp3) is 0.733. The Morgan fingerprint density at radius 3 is 2.16 bits per heavy atom. The molecule has 0 aliphatic carbocycles. The molecule has 1 aromatic rings. The number of nitrogens with zero attached hydrogens (tertiary/aromatic N) is 2. The summed E-state index contributed by atoms with van der Waals surface area (Å²) >= 11 is 0. The van der Waals surface area contributed by atoms with Crippen LogP contribution in [0.15, 0.2) is 6.07 Å². The number of rotatable bonds is 5. The summed E-state index contributed by atoms with van der Waals surface area (Å²) < 4.78 is 0. The van der Waals surface area contributed by atoms with E-state index >= 15 is 0 Å². The van der Waals surface area contributed by atoms with Crippen LogP contribution in [0.1, 0.15) is 54.3 Å². The third-order valence-electron chi connectivity index (χ3n) is 3.13. The van der Waals surface area contributed by atoms with Crippen LogP contribution in [0.2, 0.25) is 0 Å². The second-order valence-electron chi connectivity index (χ2n) is 6.42. The van der Waals surface area contributed by atoms with Crippen molar-refractivity contribution < 1.29 is 0 Å². The Morgan fingerprint density at radius 2 is 1.68 bits per heavy atom. The average molecular weight is 264 g/mol. The van der Waals surface area contributed by atoms with Gasteiger partial charge in [0.1, 0.15) is 17.5 Å². The molecule has 0 spiro atoms. The largest absolute Gasteiger partial charge is 0.370 e. The van der Waals surface area contributed by atoms with E-state index in [9.17, 15) is 0 Å². The Morgan fingerprint density at radius 1 is 1.11 bits per heavy atom. The highest BCUT2D eigenvalue weighted by molar-refractivity contribution is 5.48. The first-order valence-corrected chi connectivity index (χ1v) is 7.14. The normalized spacial score (nSPS) is 13.5. The van der Waals surface area contributed by atoms with Crippen molar-refractivity contribution in [3.05, 3.63) is 11.9 Å². The zero-order valence-corrected chi connectivity index (χ0v) is 13.3. The minimum Gasteiger partial charge on any atom is -0.370 e. The molecule has 1 atom stereocenters. The zero-order valence-electron chi connectivity index (χ0n) is 13.3. The lowest BCUT2D eigenvalue weighted by atomic mass is 9.95. The quantitative estimate of drug-likeness (QED) is 0.852. The summed E-state index contributed by atoms with van der Waals surface area (Å²) in [4.78, 5) is 9.23. The van der Waals surface area contributed by atoms with Crippen molar-refractivity contribution in [2.24, 2.45) is 5.92 Å². The molecule has 19 heavy (non-hydrogen) atoms. The van der Waals surface area contributed by atoms with Gasteiger partial charge in [-0.15, -0.1) is 0 Å². The summed E-state index contributed by atoms with van der Waals surface area (Å²) in [5, 5.41) is 6.73. The highest BCUT2D eigenvalue weighted by Crippen LogP contribution is 2.23. The second-order valence-corrected chi connectivity index (χ2v) is 6.42. The standard InChI is InChI=1S/C15H28N4/c1-8-16-12-9-13(17-11(4)10(2)3)19-14(18-12)15(5,6)7/h9-11H,8H2,1-7H3,(H2,16,17,18,19). The number of hydrogen-bond acceptors (Lipinski definition) is 4. The number of nitrogens with one attached hydrogen (secondary N) is 2. The third-order valence-corrected chi connectivity index (χ3v) is 3.13. The molecular weight excluding hydrogens is 236 g/mol. The zero-order chi connectivity index (χ0) is 14.6. The van der Waals surface area contributed by atoms with Crippen LogP contribution >= 0.6 is 0 Å². The molecule has 0 aliphatic rings. The molecule has 0 saturated carbocycles. The fourth-order valence-corrected chi connectivity index (χ4v) is 1.53. The van der Waals surface area contributed by atoms with E-state index in [-0.39, 0.29) is 5.41 Å². The lowest BCUT2D eigenvalue weighted by molar-refractivity contribution is 0.539. The highest BCUT2D eigenvalue weighted by atomic mass is 15.1. The van der Waals surface area contributed by atoms with Crippen LogP contribution in [0.5, 0.6) is 0 Å². The van der Waals surface area contributed by atoms with Crippen molar-refractivity contribution >= 4 is 11.6 Å². The van der Waals surface area contributed by atoms with Crippen molar-refractivity contribution in [2.45, 2.75) is 59.9 Å². The van der Waals surface area contributed by atoms with Gasteiger partial charge >= 0.3 is 0 Å². The lowest BCUT2D eigenvalue weighted by Crippen LogP contribution is -2.24. The molecule has 1 unspecified atom stereocenters. The molecule has 1 heterocycles. The Hall–Kier alpha value is -1.32.